The number of urea groups is 1. The number of imide groups is 1. The average molecular weight is 353 g/mol. The third kappa shape index (κ3) is 5.33. The predicted molar refractivity (Wildman–Crippen MR) is 92.0 cm³/mol. The van der Waals surface area contributed by atoms with Crippen molar-refractivity contribution in [2.45, 2.75) is 38.6 Å². The lowest BCUT2D eigenvalue weighted by Gasteiger charge is -2.29. The number of ether oxygens (including phenoxy) is 1. The summed E-state index contributed by atoms with van der Waals surface area (Å²) in [6, 6.07) is -0.111. The zero-order chi connectivity index (χ0) is 18.2. The van der Waals surface area contributed by atoms with Gasteiger partial charge in [0.15, 0.2) is 5.96 Å². The van der Waals surface area contributed by atoms with Crippen LogP contribution in [0.4, 0.5) is 4.79 Å². The molecule has 1 aliphatic heterocycles. The lowest BCUT2D eigenvalue weighted by Crippen LogP contribution is -2.47. The van der Waals surface area contributed by atoms with Gasteiger partial charge in [0.1, 0.15) is 0 Å². The summed E-state index contributed by atoms with van der Waals surface area (Å²) in [4.78, 5) is 40.1. The fourth-order valence-corrected chi connectivity index (χ4v) is 3.09. The molecule has 9 nitrogen and oxygen atoms in total. The molecular weight excluding hydrogens is 326 g/mol. The number of amides is 3. The molecule has 3 amide bonds. The second kappa shape index (κ2) is 9.24. The number of nitrogens with one attached hydrogen (secondary N) is 3. The Hall–Kier alpha value is -2.32. The maximum Gasteiger partial charge on any atom is 0.324 e. The highest BCUT2D eigenvalue weighted by atomic mass is 16.5. The first kappa shape index (κ1) is 19.0. The molecule has 1 saturated carbocycles. The third-order valence-electron chi connectivity index (χ3n) is 4.48. The number of esters is 1. The van der Waals surface area contributed by atoms with E-state index in [-0.39, 0.29) is 36.4 Å². The van der Waals surface area contributed by atoms with E-state index >= 15 is 0 Å². The maximum absolute atomic E-state index is 11.8. The Morgan fingerprint density at radius 1 is 1.32 bits per heavy atom. The Morgan fingerprint density at radius 3 is 2.60 bits per heavy atom. The minimum atomic E-state index is -0.355. The summed E-state index contributed by atoms with van der Waals surface area (Å²) in [7, 11) is 1.67. The van der Waals surface area contributed by atoms with Gasteiger partial charge < -0.3 is 20.7 Å². The third-order valence-corrected chi connectivity index (χ3v) is 4.48. The Bertz CT molecular complexity index is 513. The van der Waals surface area contributed by atoms with E-state index in [9.17, 15) is 14.4 Å². The van der Waals surface area contributed by atoms with E-state index in [0.29, 0.717) is 25.7 Å². The van der Waals surface area contributed by atoms with E-state index in [1.165, 1.54) is 4.90 Å². The Morgan fingerprint density at radius 2 is 2.04 bits per heavy atom. The molecule has 2 rings (SSSR count). The van der Waals surface area contributed by atoms with Gasteiger partial charge >= 0.3 is 12.0 Å². The van der Waals surface area contributed by atoms with Crippen molar-refractivity contribution >= 4 is 23.9 Å². The number of hydrogen-bond acceptors (Lipinski definition) is 5. The molecule has 140 valence electrons. The summed E-state index contributed by atoms with van der Waals surface area (Å²) in [5.41, 5.74) is 0. The van der Waals surface area contributed by atoms with Gasteiger partial charge in [0.05, 0.1) is 19.1 Å². The zero-order valence-corrected chi connectivity index (χ0v) is 14.8. The summed E-state index contributed by atoms with van der Waals surface area (Å²) < 4.78 is 5.08. The highest BCUT2D eigenvalue weighted by Gasteiger charge is 2.29. The van der Waals surface area contributed by atoms with Gasteiger partial charge in [-0.05, 0) is 32.6 Å². The molecule has 3 N–H and O–H groups in total. The van der Waals surface area contributed by atoms with Gasteiger partial charge in [0.2, 0.25) is 5.91 Å². The molecule has 1 heterocycles. The second-order valence-electron chi connectivity index (χ2n) is 6.15. The SMILES string of the molecule is CCOC(=O)C1CCC(NC(=NC)NCCN2C(=O)CNC2=O)CC1. The molecule has 2 fully saturated rings. The smallest absolute Gasteiger partial charge is 0.324 e. The average Bonchev–Trinajstić information content (AvgIpc) is 2.93. The highest BCUT2D eigenvalue weighted by Crippen LogP contribution is 2.25. The van der Waals surface area contributed by atoms with Crippen LogP contribution < -0.4 is 16.0 Å². The Labute approximate surface area is 147 Å². The summed E-state index contributed by atoms with van der Waals surface area (Å²) >= 11 is 0. The molecule has 9 heteroatoms. The molecule has 0 aromatic rings. The van der Waals surface area contributed by atoms with Gasteiger partial charge in [-0.3, -0.25) is 19.5 Å². The van der Waals surface area contributed by atoms with Crippen LogP contribution in [0.2, 0.25) is 0 Å². The second-order valence-corrected chi connectivity index (χ2v) is 6.15. The summed E-state index contributed by atoms with van der Waals surface area (Å²) in [6.45, 7) is 3.03. The first-order valence-electron chi connectivity index (χ1n) is 8.77. The Kier molecular flexibility index (Phi) is 7.03. The van der Waals surface area contributed by atoms with E-state index < -0.39 is 0 Å². The number of nitrogens with zero attached hydrogens (tertiary/aromatic N) is 2. The molecule has 1 saturated heterocycles. The molecular formula is C16H27N5O4. The van der Waals surface area contributed by atoms with E-state index in [1.54, 1.807) is 7.05 Å². The number of carbonyl (C=O) groups excluding carboxylic acids is 3. The highest BCUT2D eigenvalue weighted by molar-refractivity contribution is 6.01. The predicted octanol–water partition coefficient (Wildman–Crippen LogP) is -0.175. The molecule has 2 aliphatic rings. The van der Waals surface area contributed by atoms with E-state index in [4.69, 9.17) is 4.74 Å². The number of rotatable bonds is 6. The standard InChI is InChI=1S/C16H27N5O4/c1-3-25-14(23)11-4-6-12(7-5-11)20-15(17-2)18-8-9-21-13(22)10-19-16(21)24/h11-12H,3-10H2,1-2H3,(H,19,24)(H2,17,18,20). The van der Waals surface area contributed by atoms with Gasteiger partial charge in [-0.15, -0.1) is 0 Å². The fraction of sp³-hybridized carbons (Fsp3) is 0.750. The quantitative estimate of drug-likeness (QED) is 0.264. The lowest BCUT2D eigenvalue weighted by atomic mass is 9.86. The lowest BCUT2D eigenvalue weighted by molar-refractivity contribution is -0.149. The van der Waals surface area contributed by atoms with Crippen LogP contribution in [0, 0.1) is 5.92 Å². The molecule has 0 radical (unpaired) electrons. The van der Waals surface area contributed by atoms with Crippen LogP contribution >= 0.6 is 0 Å². The maximum atomic E-state index is 11.8. The van der Waals surface area contributed by atoms with Crippen molar-refractivity contribution in [3.8, 4) is 0 Å². The van der Waals surface area contributed by atoms with Crippen molar-refractivity contribution in [1.82, 2.24) is 20.9 Å². The van der Waals surface area contributed by atoms with Gasteiger partial charge in [0, 0.05) is 26.2 Å². The van der Waals surface area contributed by atoms with Crippen LogP contribution in [0.1, 0.15) is 32.6 Å². The van der Waals surface area contributed by atoms with E-state index in [1.807, 2.05) is 6.92 Å². The zero-order valence-electron chi connectivity index (χ0n) is 14.8. The fourth-order valence-electron chi connectivity index (χ4n) is 3.09. The molecule has 25 heavy (non-hydrogen) atoms. The van der Waals surface area contributed by atoms with Gasteiger partial charge in [-0.25, -0.2) is 4.79 Å². The number of hydrogen-bond donors (Lipinski definition) is 3. The summed E-state index contributed by atoms with van der Waals surface area (Å²) in [5, 5.41) is 8.93. The minimum Gasteiger partial charge on any atom is -0.466 e. The van der Waals surface area contributed by atoms with Crippen molar-refractivity contribution in [2.75, 3.05) is 33.3 Å². The molecule has 0 spiro atoms. The molecule has 1 aliphatic carbocycles. The van der Waals surface area contributed by atoms with E-state index in [2.05, 4.69) is 20.9 Å². The van der Waals surface area contributed by atoms with Gasteiger partial charge in [-0.1, -0.05) is 0 Å². The van der Waals surface area contributed by atoms with Crippen LogP contribution in [0.5, 0.6) is 0 Å². The summed E-state index contributed by atoms with van der Waals surface area (Å²) in [5.74, 6) is 0.309. The van der Waals surface area contributed by atoms with E-state index in [0.717, 1.165) is 25.7 Å². The molecule has 0 aromatic heterocycles. The number of aliphatic imine (C=N–C) groups is 1. The normalized spacial score (nSPS) is 24.1. The van der Waals surface area contributed by atoms with Crippen LogP contribution in [-0.2, 0) is 14.3 Å². The van der Waals surface area contributed by atoms with Crippen molar-refractivity contribution in [3.63, 3.8) is 0 Å². The first-order valence-corrected chi connectivity index (χ1v) is 8.77. The monoisotopic (exact) mass is 353 g/mol. The first-order chi connectivity index (χ1) is 12.0. The summed E-state index contributed by atoms with van der Waals surface area (Å²) in [6.07, 6.45) is 3.35. The molecule has 0 unspecified atom stereocenters. The van der Waals surface area contributed by atoms with Crippen molar-refractivity contribution in [3.05, 3.63) is 0 Å². The van der Waals surface area contributed by atoms with Crippen molar-refractivity contribution in [2.24, 2.45) is 10.9 Å². The van der Waals surface area contributed by atoms with Gasteiger partial charge in [0.25, 0.3) is 0 Å². The van der Waals surface area contributed by atoms with Crippen LogP contribution in [0.25, 0.3) is 0 Å². The van der Waals surface area contributed by atoms with Gasteiger partial charge in [-0.2, -0.15) is 0 Å². The van der Waals surface area contributed by atoms with Crippen LogP contribution in [0.15, 0.2) is 4.99 Å². The minimum absolute atomic E-state index is 0.00679. The van der Waals surface area contributed by atoms with Crippen LogP contribution in [0.3, 0.4) is 0 Å². The number of carbonyl (C=O) groups is 3. The molecule has 0 aromatic carbocycles. The topological polar surface area (TPSA) is 112 Å². The number of guanidine groups is 1. The van der Waals surface area contributed by atoms with Crippen molar-refractivity contribution in [1.29, 1.82) is 0 Å². The van der Waals surface area contributed by atoms with Crippen LogP contribution in [-0.4, -0.2) is 68.1 Å². The Balaban J connectivity index is 1.69. The molecule has 0 bridgehead atoms. The van der Waals surface area contributed by atoms with Crippen molar-refractivity contribution < 1.29 is 19.1 Å². The largest absolute Gasteiger partial charge is 0.466 e. The molecule has 0 atom stereocenters.